The van der Waals surface area contributed by atoms with Crippen molar-refractivity contribution in [2.75, 3.05) is 18.7 Å². The summed E-state index contributed by atoms with van der Waals surface area (Å²) in [6, 6.07) is 6.97. The van der Waals surface area contributed by atoms with E-state index in [2.05, 4.69) is 15.3 Å². The third-order valence-corrected chi connectivity index (χ3v) is 4.59. The lowest BCUT2D eigenvalue weighted by atomic mass is 9.99. The number of nitrogens with zero attached hydrogens (tertiary/aromatic N) is 5. The molecule has 0 atom stereocenters. The zero-order valence-corrected chi connectivity index (χ0v) is 15.7. The van der Waals surface area contributed by atoms with E-state index in [9.17, 15) is 4.79 Å². The van der Waals surface area contributed by atoms with E-state index in [1.54, 1.807) is 23.2 Å². The van der Waals surface area contributed by atoms with Crippen molar-refractivity contribution in [1.82, 2.24) is 24.9 Å². The van der Waals surface area contributed by atoms with Gasteiger partial charge in [0.2, 0.25) is 5.65 Å². The first kappa shape index (κ1) is 17.8. The number of pyridine rings is 1. The Morgan fingerprint density at radius 1 is 1.15 bits per heavy atom. The molecule has 1 amide bonds. The molecular formula is C17H15Cl2N5O3. The average Bonchev–Trinajstić information content (AvgIpc) is 3.12. The van der Waals surface area contributed by atoms with E-state index in [1.165, 1.54) is 4.68 Å². The SMILES string of the molecule is O=C(N1CCc2cc(OCCl)c(OCCl)cc2C1)n1nnc2ncccc21. The lowest BCUT2D eigenvalue weighted by Gasteiger charge is -2.29. The number of rotatable bonds is 4. The molecule has 10 heteroatoms. The molecule has 0 saturated heterocycles. The number of benzene rings is 1. The number of aromatic nitrogens is 4. The lowest BCUT2D eigenvalue weighted by molar-refractivity contribution is 0.191. The minimum atomic E-state index is -0.253. The summed E-state index contributed by atoms with van der Waals surface area (Å²) in [7, 11) is 0. The largest absolute Gasteiger partial charge is 0.474 e. The maximum Gasteiger partial charge on any atom is 0.347 e. The lowest BCUT2D eigenvalue weighted by Crippen LogP contribution is -2.39. The standard InChI is InChI=1S/C17H15Cl2N5O3/c18-9-26-14-6-11-3-5-23(8-12(11)7-15(14)27-10-19)17(25)24-13-2-1-4-20-16(13)21-22-24/h1-2,4,6-7H,3,5,8-10H2. The fraction of sp³-hybridized carbons (Fsp3) is 0.294. The van der Waals surface area contributed by atoms with Crippen molar-refractivity contribution >= 4 is 40.4 Å². The summed E-state index contributed by atoms with van der Waals surface area (Å²) >= 11 is 11.4. The zero-order chi connectivity index (χ0) is 18.8. The van der Waals surface area contributed by atoms with Gasteiger partial charge in [-0.1, -0.05) is 28.4 Å². The van der Waals surface area contributed by atoms with Crippen molar-refractivity contribution in [2.45, 2.75) is 13.0 Å². The predicted molar refractivity (Wildman–Crippen MR) is 99.4 cm³/mol. The molecule has 0 spiro atoms. The second-order valence-corrected chi connectivity index (χ2v) is 6.31. The van der Waals surface area contributed by atoms with Crippen molar-refractivity contribution in [1.29, 1.82) is 0 Å². The Morgan fingerprint density at radius 2 is 1.89 bits per heavy atom. The van der Waals surface area contributed by atoms with Gasteiger partial charge in [-0.3, -0.25) is 0 Å². The highest BCUT2D eigenvalue weighted by Gasteiger charge is 2.26. The number of fused-ring (bicyclic) bond motifs is 2. The molecule has 0 aliphatic carbocycles. The monoisotopic (exact) mass is 407 g/mol. The van der Waals surface area contributed by atoms with E-state index >= 15 is 0 Å². The molecule has 140 valence electrons. The molecule has 2 aromatic heterocycles. The molecule has 0 unspecified atom stereocenters. The molecule has 3 aromatic rings. The highest BCUT2D eigenvalue weighted by molar-refractivity contribution is 6.17. The fourth-order valence-corrected chi connectivity index (χ4v) is 3.35. The minimum absolute atomic E-state index is 0.00938. The van der Waals surface area contributed by atoms with Crippen molar-refractivity contribution in [3.05, 3.63) is 41.6 Å². The molecule has 1 aromatic carbocycles. The fourth-order valence-electron chi connectivity index (χ4n) is 3.11. The quantitative estimate of drug-likeness (QED) is 0.618. The number of hydrogen-bond donors (Lipinski definition) is 0. The average molecular weight is 408 g/mol. The molecule has 0 radical (unpaired) electrons. The molecule has 0 fully saturated rings. The minimum Gasteiger partial charge on any atom is -0.474 e. The van der Waals surface area contributed by atoms with E-state index in [0.717, 1.165) is 11.1 Å². The predicted octanol–water partition coefficient (Wildman–Crippen LogP) is 3.00. The summed E-state index contributed by atoms with van der Waals surface area (Å²) in [6.07, 6.45) is 2.29. The van der Waals surface area contributed by atoms with Crippen LogP contribution in [-0.2, 0) is 13.0 Å². The number of alkyl halides is 2. The number of carbonyl (C=O) groups excluding carboxylic acids is 1. The molecular weight excluding hydrogens is 393 g/mol. The van der Waals surface area contributed by atoms with Gasteiger partial charge in [-0.2, -0.15) is 4.68 Å². The molecule has 1 aliphatic heterocycles. The summed E-state index contributed by atoms with van der Waals surface area (Å²) in [5.74, 6) is 1.03. The number of ether oxygens (including phenoxy) is 2. The first-order chi connectivity index (χ1) is 13.2. The summed E-state index contributed by atoms with van der Waals surface area (Å²) in [6.45, 7) is 0.957. The van der Waals surface area contributed by atoms with Crippen LogP contribution in [0.2, 0.25) is 0 Å². The van der Waals surface area contributed by atoms with Crippen LogP contribution in [0.15, 0.2) is 30.5 Å². The number of carbonyl (C=O) groups is 1. The molecule has 3 heterocycles. The van der Waals surface area contributed by atoms with E-state index in [-0.39, 0.29) is 18.2 Å². The molecule has 8 nitrogen and oxygen atoms in total. The topological polar surface area (TPSA) is 82.4 Å². The van der Waals surface area contributed by atoms with Gasteiger partial charge in [0.15, 0.2) is 23.6 Å². The summed E-state index contributed by atoms with van der Waals surface area (Å²) in [5, 5.41) is 7.89. The first-order valence-corrected chi connectivity index (χ1v) is 9.27. The second-order valence-electron chi connectivity index (χ2n) is 5.88. The van der Waals surface area contributed by atoms with Gasteiger partial charge >= 0.3 is 6.03 Å². The van der Waals surface area contributed by atoms with E-state index in [0.29, 0.717) is 42.2 Å². The molecule has 0 bridgehead atoms. The highest BCUT2D eigenvalue weighted by atomic mass is 35.5. The Morgan fingerprint density at radius 3 is 2.63 bits per heavy atom. The molecule has 4 rings (SSSR count). The van der Waals surface area contributed by atoms with Crippen LogP contribution in [0.1, 0.15) is 11.1 Å². The van der Waals surface area contributed by atoms with Gasteiger partial charge in [-0.25, -0.2) is 9.78 Å². The smallest absolute Gasteiger partial charge is 0.347 e. The third-order valence-electron chi connectivity index (χ3n) is 4.37. The number of halogens is 2. The maximum atomic E-state index is 12.9. The van der Waals surface area contributed by atoms with Crippen LogP contribution in [0.4, 0.5) is 4.79 Å². The second kappa shape index (κ2) is 7.58. The maximum absolute atomic E-state index is 12.9. The highest BCUT2D eigenvalue weighted by Crippen LogP contribution is 2.34. The Labute approximate surface area is 164 Å². The Bertz CT molecular complexity index is 994. The molecule has 27 heavy (non-hydrogen) atoms. The van der Waals surface area contributed by atoms with Crippen LogP contribution >= 0.6 is 23.2 Å². The van der Waals surface area contributed by atoms with Crippen molar-refractivity contribution in [3.8, 4) is 11.5 Å². The van der Waals surface area contributed by atoms with Gasteiger partial charge in [0.1, 0.15) is 5.52 Å². The first-order valence-electron chi connectivity index (χ1n) is 8.20. The number of hydrogen-bond acceptors (Lipinski definition) is 6. The molecule has 1 aliphatic rings. The van der Waals surface area contributed by atoms with Gasteiger partial charge in [0.05, 0.1) is 0 Å². The van der Waals surface area contributed by atoms with Gasteiger partial charge in [0, 0.05) is 19.3 Å². The molecule has 0 N–H and O–H groups in total. The van der Waals surface area contributed by atoms with Gasteiger partial charge < -0.3 is 14.4 Å². The van der Waals surface area contributed by atoms with Crippen LogP contribution in [0, 0.1) is 0 Å². The Hall–Kier alpha value is -2.58. The van der Waals surface area contributed by atoms with Crippen LogP contribution in [-0.4, -0.2) is 49.6 Å². The van der Waals surface area contributed by atoms with Gasteiger partial charge in [-0.05, 0) is 41.8 Å². The zero-order valence-electron chi connectivity index (χ0n) is 14.1. The van der Waals surface area contributed by atoms with Crippen LogP contribution < -0.4 is 9.47 Å². The van der Waals surface area contributed by atoms with Crippen LogP contribution in [0.25, 0.3) is 11.2 Å². The van der Waals surface area contributed by atoms with Crippen molar-refractivity contribution < 1.29 is 14.3 Å². The summed E-state index contributed by atoms with van der Waals surface area (Å²) in [5.41, 5.74) is 3.04. The third kappa shape index (κ3) is 3.38. The number of amides is 1. The van der Waals surface area contributed by atoms with E-state index in [4.69, 9.17) is 32.7 Å². The van der Waals surface area contributed by atoms with Gasteiger partial charge in [-0.15, -0.1) is 5.10 Å². The summed E-state index contributed by atoms with van der Waals surface area (Å²) < 4.78 is 12.1. The van der Waals surface area contributed by atoms with E-state index < -0.39 is 0 Å². The molecule has 0 saturated carbocycles. The normalized spacial score (nSPS) is 13.5. The van der Waals surface area contributed by atoms with Crippen LogP contribution in [0.3, 0.4) is 0 Å². The van der Waals surface area contributed by atoms with Crippen LogP contribution in [0.5, 0.6) is 11.5 Å². The van der Waals surface area contributed by atoms with E-state index in [1.807, 2.05) is 12.1 Å². The van der Waals surface area contributed by atoms with Crippen molar-refractivity contribution in [2.24, 2.45) is 0 Å². The van der Waals surface area contributed by atoms with Crippen molar-refractivity contribution in [3.63, 3.8) is 0 Å². The summed E-state index contributed by atoms with van der Waals surface area (Å²) in [4.78, 5) is 18.7. The van der Waals surface area contributed by atoms with Gasteiger partial charge in [0.25, 0.3) is 0 Å². The Balaban J connectivity index is 1.62. The Kier molecular flexibility index (Phi) is 5.00.